The first-order chi connectivity index (χ1) is 13.1. The van der Waals surface area contributed by atoms with Gasteiger partial charge in [-0.1, -0.05) is 17.3 Å². The summed E-state index contributed by atoms with van der Waals surface area (Å²) in [5.41, 5.74) is 3.54. The lowest BCUT2D eigenvalue weighted by Gasteiger charge is -2.19. The standard InChI is InChI=1S/C21H17N3O3/c1-12(24-20(25)15-4-2-3-5-16(15)21(24)26)19-11-18(23-27-19)14-8-9-22-17(10-14)13-6-7-13/h2-5,8-13H,6-7H2,1H3. The first-order valence-corrected chi connectivity index (χ1v) is 9.03. The SMILES string of the molecule is CC(c1cc(-c2ccnc(C3CC3)c2)no1)N1C(=O)c2ccccc2C1=O. The molecule has 1 saturated carbocycles. The van der Waals surface area contributed by atoms with Gasteiger partial charge in [-0.15, -0.1) is 0 Å². The van der Waals surface area contributed by atoms with Crippen LogP contribution < -0.4 is 0 Å². The van der Waals surface area contributed by atoms with Crippen LogP contribution in [0, 0.1) is 0 Å². The Morgan fingerprint density at radius 1 is 1.07 bits per heavy atom. The summed E-state index contributed by atoms with van der Waals surface area (Å²) in [6.45, 7) is 1.77. The van der Waals surface area contributed by atoms with Crippen molar-refractivity contribution in [3.63, 3.8) is 0 Å². The number of hydrogen-bond donors (Lipinski definition) is 0. The molecule has 3 aromatic rings. The third-order valence-corrected chi connectivity index (χ3v) is 5.23. The molecule has 1 aromatic carbocycles. The first-order valence-electron chi connectivity index (χ1n) is 9.03. The predicted molar refractivity (Wildman–Crippen MR) is 97.1 cm³/mol. The van der Waals surface area contributed by atoms with Gasteiger partial charge in [0, 0.05) is 29.4 Å². The second kappa shape index (κ2) is 5.87. The number of rotatable bonds is 4. The van der Waals surface area contributed by atoms with Gasteiger partial charge in [0.2, 0.25) is 0 Å². The number of fused-ring (bicyclic) bond motifs is 1. The molecular weight excluding hydrogens is 342 g/mol. The summed E-state index contributed by atoms with van der Waals surface area (Å²) in [5.74, 6) is 0.417. The molecule has 6 heteroatoms. The number of benzene rings is 1. The molecule has 2 amide bonds. The molecule has 0 spiro atoms. The number of carbonyl (C=O) groups is 2. The topological polar surface area (TPSA) is 76.3 Å². The molecule has 134 valence electrons. The van der Waals surface area contributed by atoms with E-state index in [0.717, 1.165) is 11.3 Å². The van der Waals surface area contributed by atoms with E-state index in [1.54, 1.807) is 43.5 Å². The lowest BCUT2D eigenvalue weighted by atomic mass is 10.1. The number of aromatic nitrogens is 2. The van der Waals surface area contributed by atoms with Crippen LogP contribution in [0.15, 0.2) is 53.2 Å². The van der Waals surface area contributed by atoms with Gasteiger partial charge in [0.25, 0.3) is 11.8 Å². The van der Waals surface area contributed by atoms with Gasteiger partial charge in [0.05, 0.1) is 17.2 Å². The summed E-state index contributed by atoms with van der Waals surface area (Å²) in [6.07, 6.45) is 4.14. The third kappa shape index (κ3) is 2.56. The summed E-state index contributed by atoms with van der Waals surface area (Å²) < 4.78 is 5.49. The maximum Gasteiger partial charge on any atom is 0.262 e. The molecule has 2 aliphatic rings. The average Bonchev–Trinajstić information content (AvgIpc) is 3.38. The number of carbonyl (C=O) groups excluding carboxylic acids is 2. The molecule has 2 aromatic heterocycles. The van der Waals surface area contributed by atoms with E-state index < -0.39 is 6.04 Å². The molecule has 1 aliphatic heterocycles. The monoisotopic (exact) mass is 359 g/mol. The highest BCUT2D eigenvalue weighted by Crippen LogP contribution is 2.40. The summed E-state index contributed by atoms with van der Waals surface area (Å²) in [6, 6.07) is 12.0. The highest BCUT2D eigenvalue weighted by molar-refractivity contribution is 6.21. The number of amides is 2. The molecule has 1 fully saturated rings. The molecule has 6 nitrogen and oxygen atoms in total. The van der Waals surface area contributed by atoms with Crippen molar-refractivity contribution in [2.75, 3.05) is 0 Å². The molecule has 0 bridgehead atoms. The average molecular weight is 359 g/mol. The quantitative estimate of drug-likeness (QED) is 0.659. The van der Waals surface area contributed by atoms with E-state index in [1.165, 1.54) is 17.7 Å². The van der Waals surface area contributed by atoms with Crippen LogP contribution in [0.3, 0.4) is 0 Å². The molecule has 0 radical (unpaired) electrons. The molecule has 1 unspecified atom stereocenters. The molecule has 1 atom stereocenters. The van der Waals surface area contributed by atoms with Crippen LogP contribution in [-0.2, 0) is 0 Å². The smallest absolute Gasteiger partial charge is 0.262 e. The number of nitrogens with zero attached hydrogens (tertiary/aromatic N) is 3. The first kappa shape index (κ1) is 15.9. The maximum absolute atomic E-state index is 12.7. The normalized spacial score (nSPS) is 17.3. The van der Waals surface area contributed by atoms with E-state index in [4.69, 9.17) is 4.52 Å². The van der Waals surface area contributed by atoms with Crippen LogP contribution >= 0.6 is 0 Å². The lowest BCUT2D eigenvalue weighted by molar-refractivity contribution is 0.0573. The van der Waals surface area contributed by atoms with Gasteiger partial charge < -0.3 is 4.52 Å². The van der Waals surface area contributed by atoms with E-state index >= 15 is 0 Å². The van der Waals surface area contributed by atoms with Crippen LogP contribution in [0.2, 0.25) is 0 Å². The maximum atomic E-state index is 12.7. The van der Waals surface area contributed by atoms with Crippen LogP contribution in [0.4, 0.5) is 0 Å². The van der Waals surface area contributed by atoms with E-state index in [0.29, 0.717) is 28.5 Å². The zero-order valence-electron chi connectivity index (χ0n) is 14.8. The number of pyridine rings is 1. The van der Waals surface area contributed by atoms with Crippen molar-refractivity contribution in [3.8, 4) is 11.3 Å². The molecule has 5 rings (SSSR count). The van der Waals surface area contributed by atoms with Crippen molar-refractivity contribution < 1.29 is 14.1 Å². The van der Waals surface area contributed by atoms with E-state index in [-0.39, 0.29) is 11.8 Å². The summed E-state index contributed by atoms with van der Waals surface area (Å²) in [5, 5.41) is 4.15. The Morgan fingerprint density at radius 2 is 1.78 bits per heavy atom. The summed E-state index contributed by atoms with van der Waals surface area (Å²) in [4.78, 5) is 31.0. The van der Waals surface area contributed by atoms with Crippen molar-refractivity contribution in [1.29, 1.82) is 0 Å². The highest BCUT2D eigenvalue weighted by atomic mass is 16.5. The largest absolute Gasteiger partial charge is 0.359 e. The fourth-order valence-electron chi connectivity index (χ4n) is 3.52. The Labute approximate surface area is 155 Å². The van der Waals surface area contributed by atoms with Gasteiger partial charge in [-0.3, -0.25) is 19.5 Å². The van der Waals surface area contributed by atoms with E-state index in [2.05, 4.69) is 10.1 Å². The van der Waals surface area contributed by atoms with Crippen molar-refractivity contribution >= 4 is 11.8 Å². The summed E-state index contributed by atoms with van der Waals surface area (Å²) in [7, 11) is 0. The minimum absolute atomic E-state index is 0.305. The van der Waals surface area contributed by atoms with Gasteiger partial charge in [0.1, 0.15) is 5.69 Å². The fourth-order valence-corrected chi connectivity index (χ4v) is 3.52. The van der Waals surface area contributed by atoms with Crippen LogP contribution in [0.1, 0.15) is 63.9 Å². The van der Waals surface area contributed by atoms with Crippen LogP contribution in [0.25, 0.3) is 11.3 Å². The number of hydrogen-bond acceptors (Lipinski definition) is 5. The zero-order chi connectivity index (χ0) is 18.5. The minimum atomic E-state index is -0.539. The van der Waals surface area contributed by atoms with Crippen molar-refractivity contribution in [3.05, 3.63) is 71.2 Å². The van der Waals surface area contributed by atoms with Crippen molar-refractivity contribution in [2.45, 2.75) is 31.7 Å². The minimum Gasteiger partial charge on any atom is -0.359 e. The second-order valence-electron chi connectivity index (χ2n) is 7.06. The molecule has 1 aliphatic carbocycles. The molecule has 27 heavy (non-hydrogen) atoms. The zero-order valence-corrected chi connectivity index (χ0v) is 14.8. The molecule has 3 heterocycles. The number of imide groups is 1. The van der Waals surface area contributed by atoms with Crippen molar-refractivity contribution in [1.82, 2.24) is 15.0 Å². The Bertz CT molecular complexity index is 1030. The molecular formula is C21H17N3O3. The highest BCUT2D eigenvalue weighted by Gasteiger charge is 2.40. The van der Waals surface area contributed by atoms with E-state index in [9.17, 15) is 9.59 Å². The second-order valence-corrected chi connectivity index (χ2v) is 7.06. The molecule has 0 saturated heterocycles. The Kier molecular flexibility index (Phi) is 3.47. The predicted octanol–water partition coefficient (Wildman–Crippen LogP) is 3.97. The molecule has 0 N–H and O–H groups in total. The Morgan fingerprint density at radius 3 is 2.44 bits per heavy atom. The van der Waals surface area contributed by atoms with Crippen LogP contribution in [0.5, 0.6) is 0 Å². The van der Waals surface area contributed by atoms with Gasteiger partial charge in [-0.2, -0.15) is 0 Å². The summed E-state index contributed by atoms with van der Waals surface area (Å²) >= 11 is 0. The third-order valence-electron chi connectivity index (χ3n) is 5.23. The van der Waals surface area contributed by atoms with Crippen molar-refractivity contribution in [2.24, 2.45) is 0 Å². The van der Waals surface area contributed by atoms with Gasteiger partial charge in [0.15, 0.2) is 5.76 Å². The van der Waals surface area contributed by atoms with Gasteiger partial charge >= 0.3 is 0 Å². The Balaban J connectivity index is 1.44. The van der Waals surface area contributed by atoms with Gasteiger partial charge in [-0.05, 0) is 44.0 Å². The fraction of sp³-hybridized carbons (Fsp3) is 0.238. The van der Waals surface area contributed by atoms with Crippen LogP contribution in [-0.4, -0.2) is 26.9 Å². The Hall–Kier alpha value is -3.28. The lowest BCUT2D eigenvalue weighted by Crippen LogP contribution is -2.32. The van der Waals surface area contributed by atoms with Gasteiger partial charge in [-0.25, -0.2) is 0 Å². The van der Waals surface area contributed by atoms with E-state index in [1.807, 2.05) is 12.1 Å².